The van der Waals surface area contributed by atoms with Gasteiger partial charge in [-0.25, -0.2) is 0 Å². The van der Waals surface area contributed by atoms with Crippen molar-refractivity contribution in [2.45, 2.75) is 32.7 Å². The van der Waals surface area contributed by atoms with E-state index >= 15 is 0 Å². The Bertz CT molecular complexity index is 501. The highest BCUT2D eigenvalue weighted by atomic mass is 35.5. The molecule has 0 radical (unpaired) electrons. The van der Waals surface area contributed by atoms with Crippen LogP contribution in [0.25, 0.3) is 0 Å². The number of rotatable bonds is 6. The third kappa shape index (κ3) is 4.89. The lowest BCUT2D eigenvalue weighted by Crippen LogP contribution is -2.35. The van der Waals surface area contributed by atoms with Gasteiger partial charge in [0.2, 0.25) is 5.91 Å². The van der Waals surface area contributed by atoms with Gasteiger partial charge in [-0.05, 0) is 56.0 Å². The van der Waals surface area contributed by atoms with E-state index in [2.05, 4.69) is 17.6 Å². The second kappa shape index (κ2) is 8.39. The number of halogens is 1. The maximum absolute atomic E-state index is 12.1. The van der Waals surface area contributed by atoms with Crippen molar-refractivity contribution in [2.24, 2.45) is 11.8 Å². The molecule has 22 heavy (non-hydrogen) atoms. The molecule has 2 rings (SSSR count). The van der Waals surface area contributed by atoms with Crippen LogP contribution in [0, 0.1) is 11.8 Å². The molecule has 1 aromatic rings. The average Bonchev–Trinajstić information content (AvgIpc) is 2.54. The topological polar surface area (TPSA) is 50.4 Å². The molecule has 5 heteroatoms. The SMILES string of the molecule is COc1ccc(Cl)cc1CNC(=O)CC(C)C1CCCNC1. The lowest BCUT2D eigenvalue weighted by molar-refractivity contribution is -0.122. The summed E-state index contributed by atoms with van der Waals surface area (Å²) in [7, 11) is 1.62. The summed E-state index contributed by atoms with van der Waals surface area (Å²) in [5.41, 5.74) is 0.898. The zero-order valence-electron chi connectivity index (χ0n) is 13.3. The molecule has 0 aromatic heterocycles. The highest BCUT2D eigenvalue weighted by Gasteiger charge is 2.22. The van der Waals surface area contributed by atoms with Gasteiger partial charge in [0.15, 0.2) is 0 Å². The van der Waals surface area contributed by atoms with Crippen LogP contribution in [0.2, 0.25) is 5.02 Å². The smallest absolute Gasteiger partial charge is 0.220 e. The predicted molar refractivity (Wildman–Crippen MR) is 89.2 cm³/mol. The van der Waals surface area contributed by atoms with Crippen molar-refractivity contribution in [1.82, 2.24) is 10.6 Å². The number of amides is 1. The Labute approximate surface area is 137 Å². The lowest BCUT2D eigenvalue weighted by atomic mass is 9.85. The zero-order chi connectivity index (χ0) is 15.9. The molecule has 1 aliphatic rings. The van der Waals surface area contributed by atoms with E-state index in [9.17, 15) is 4.79 Å². The van der Waals surface area contributed by atoms with E-state index in [0.717, 1.165) is 24.4 Å². The largest absolute Gasteiger partial charge is 0.496 e. The van der Waals surface area contributed by atoms with Crippen LogP contribution in [0.15, 0.2) is 18.2 Å². The van der Waals surface area contributed by atoms with E-state index in [1.807, 2.05) is 12.1 Å². The fourth-order valence-electron chi connectivity index (χ4n) is 2.97. The number of ether oxygens (including phenoxy) is 1. The summed E-state index contributed by atoms with van der Waals surface area (Å²) >= 11 is 6.00. The number of carbonyl (C=O) groups excluding carboxylic acids is 1. The molecule has 0 spiro atoms. The van der Waals surface area contributed by atoms with Gasteiger partial charge >= 0.3 is 0 Å². The van der Waals surface area contributed by atoms with E-state index in [1.54, 1.807) is 13.2 Å². The van der Waals surface area contributed by atoms with E-state index in [-0.39, 0.29) is 5.91 Å². The Morgan fingerprint density at radius 1 is 1.55 bits per heavy atom. The first-order valence-corrected chi connectivity index (χ1v) is 8.27. The van der Waals surface area contributed by atoms with Gasteiger partial charge in [0.1, 0.15) is 5.75 Å². The van der Waals surface area contributed by atoms with Crippen molar-refractivity contribution < 1.29 is 9.53 Å². The fraction of sp³-hybridized carbons (Fsp3) is 0.588. The molecule has 2 atom stereocenters. The van der Waals surface area contributed by atoms with E-state index in [4.69, 9.17) is 16.3 Å². The minimum Gasteiger partial charge on any atom is -0.496 e. The molecular weight excluding hydrogens is 300 g/mol. The number of hydrogen-bond donors (Lipinski definition) is 2. The summed E-state index contributed by atoms with van der Waals surface area (Å²) in [4.78, 5) is 12.1. The minimum absolute atomic E-state index is 0.0834. The quantitative estimate of drug-likeness (QED) is 0.845. The highest BCUT2D eigenvalue weighted by molar-refractivity contribution is 6.30. The molecule has 4 nitrogen and oxygen atoms in total. The van der Waals surface area contributed by atoms with Crippen molar-refractivity contribution in [3.8, 4) is 5.75 Å². The van der Waals surface area contributed by atoms with Gasteiger partial charge in [0.05, 0.1) is 7.11 Å². The summed E-state index contributed by atoms with van der Waals surface area (Å²) in [6, 6.07) is 5.43. The van der Waals surface area contributed by atoms with Crippen LogP contribution >= 0.6 is 11.6 Å². The van der Waals surface area contributed by atoms with Gasteiger partial charge in [-0.2, -0.15) is 0 Å². The minimum atomic E-state index is 0.0834. The molecule has 1 heterocycles. The second-order valence-electron chi connectivity index (χ2n) is 6.02. The Morgan fingerprint density at radius 3 is 3.05 bits per heavy atom. The Morgan fingerprint density at radius 2 is 2.36 bits per heavy atom. The number of nitrogens with one attached hydrogen (secondary N) is 2. The van der Waals surface area contributed by atoms with Crippen LogP contribution in [-0.2, 0) is 11.3 Å². The van der Waals surface area contributed by atoms with Crippen LogP contribution < -0.4 is 15.4 Å². The number of hydrogen-bond acceptors (Lipinski definition) is 3. The van der Waals surface area contributed by atoms with Crippen LogP contribution in [0.3, 0.4) is 0 Å². The van der Waals surface area contributed by atoms with E-state index < -0.39 is 0 Å². The lowest BCUT2D eigenvalue weighted by Gasteiger charge is -2.28. The molecular formula is C17H25ClN2O2. The number of benzene rings is 1. The molecule has 2 unspecified atom stereocenters. The number of carbonyl (C=O) groups is 1. The fourth-order valence-corrected chi connectivity index (χ4v) is 3.17. The van der Waals surface area contributed by atoms with Gasteiger partial charge in [-0.15, -0.1) is 0 Å². The summed E-state index contributed by atoms with van der Waals surface area (Å²) in [5.74, 6) is 1.82. The van der Waals surface area contributed by atoms with Crippen LogP contribution in [0.4, 0.5) is 0 Å². The molecule has 1 saturated heterocycles. The molecule has 1 fully saturated rings. The Hall–Kier alpha value is -1.26. The monoisotopic (exact) mass is 324 g/mol. The second-order valence-corrected chi connectivity index (χ2v) is 6.46. The summed E-state index contributed by atoms with van der Waals surface area (Å²) in [5, 5.41) is 7.02. The van der Waals surface area contributed by atoms with Crippen molar-refractivity contribution >= 4 is 17.5 Å². The third-order valence-electron chi connectivity index (χ3n) is 4.37. The van der Waals surface area contributed by atoms with Crippen molar-refractivity contribution in [3.05, 3.63) is 28.8 Å². The van der Waals surface area contributed by atoms with Gasteiger partial charge in [0, 0.05) is 23.6 Å². The van der Waals surface area contributed by atoms with Crippen molar-refractivity contribution in [3.63, 3.8) is 0 Å². The van der Waals surface area contributed by atoms with Crippen LogP contribution in [0.5, 0.6) is 5.75 Å². The summed E-state index contributed by atoms with van der Waals surface area (Å²) in [6.07, 6.45) is 2.98. The maximum Gasteiger partial charge on any atom is 0.220 e. The van der Waals surface area contributed by atoms with Crippen molar-refractivity contribution in [1.29, 1.82) is 0 Å². The molecule has 0 saturated carbocycles. The number of methoxy groups -OCH3 is 1. The molecule has 1 aromatic carbocycles. The number of piperidine rings is 1. The van der Waals surface area contributed by atoms with Crippen molar-refractivity contribution in [2.75, 3.05) is 20.2 Å². The molecule has 1 aliphatic heterocycles. The summed E-state index contributed by atoms with van der Waals surface area (Å²) in [6.45, 7) is 4.73. The standard InChI is InChI=1S/C17H25ClN2O2/c1-12(13-4-3-7-19-10-13)8-17(21)20-11-14-9-15(18)5-6-16(14)22-2/h5-6,9,12-13,19H,3-4,7-8,10-11H2,1-2H3,(H,20,21). The van der Waals surface area contributed by atoms with E-state index in [1.165, 1.54) is 12.8 Å². The van der Waals surface area contributed by atoms with Crippen LogP contribution in [0.1, 0.15) is 31.7 Å². The van der Waals surface area contributed by atoms with E-state index in [0.29, 0.717) is 29.8 Å². The predicted octanol–water partition coefficient (Wildman–Crippen LogP) is 2.99. The molecule has 1 amide bonds. The summed E-state index contributed by atoms with van der Waals surface area (Å²) < 4.78 is 5.29. The zero-order valence-corrected chi connectivity index (χ0v) is 14.1. The molecule has 122 valence electrons. The molecule has 0 bridgehead atoms. The highest BCUT2D eigenvalue weighted by Crippen LogP contribution is 2.24. The van der Waals surface area contributed by atoms with Crippen LogP contribution in [-0.4, -0.2) is 26.1 Å². The van der Waals surface area contributed by atoms with Gasteiger partial charge < -0.3 is 15.4 Å². The average molecular weight is 325 g/mol. The first kappa shape index (κ1) is 17.1. The first-order chi connectivity index (χ1) is 10.6. The Kier molecular flexibility index (Phi) is 6.52. The maximum atomic E-state index is 12.1. The van der Waals surface area contributed by atoms with Gasteiger partial charge in [0.25, 0.3) is 0 Å². The van der Waals surface area contributed by atoms with Gasteiger partial charge in [-0.1, -0.05) is 18.5 Å². The Balaban J connectivity index is 1.83. The molecule has 2 N–H and O–H groups in total. The first-order valence-electron chi connectivity index (χ1n) is 7.90. The molecule has 0 aliphatic carbocycles. The third-order valence-corrected chi connectivity index (χ3v) is 4.60. The van der Waals surface area contributed by atoms with Gasteiger partial charge in [-0.3, -0.25) is 4.79 Å². The normalized spacial score (nSPS) is 19.5.